The number of hydrogen-bond donors (Lipinski definition) is 3. The summed E-state index contributed by atoms with van der Waals surface area (Å²) in [6, 6.07) is 1.98. The van der Waals surface area contributed by atoms with Crippen LogP contribution in [0.1, 0.15) is 50.6 Å². The molecule has 1 aromatic heterocycles. The standard InChI is InChI=1S/C13H22N4O4S/c1-10-9-12(15-11-7-5-3-2-4-6-8-11)16-13(14)17(10)21-22(18,19)20/h9,11H,2-8H2,1H3,(H3,14,15,16,18,19,20)/p+1. The van der Waals surface area contributed by atoms with Crippen LogP contribution in [0.3, 0.4) is 0 Å². The Bertz CT molecular complexity index is 589. The van der Waals surface area contributed by atoms with Crippen LogP contribution in [-0.2, 0) is 10.4 Å². The first-order chi connectivity index (χ1) is 10.3. The SMILES string of the molecule is Cc1cc(NC2CCCCCCC2)nc(N)[n+]1OS(=O)(=O)O. The number of hydrogen-bond acceptors (Lipinski definition) is 6. The van der Waals surface area contributed by atoms with Crippen molar-refractivity contribution in [1.29, 1.82) is 0 Å². The highest BCUT2D eigenvalue weighted by molar-refractivity contribution is 7.80. The quantitative estimate of drug-likeness (QED) is 0.556. The van der Waals surface area contributed by atoms with Gasteiger partial charge < -0.3 is 5.32 Å². The molecule has 1 fully saturated rings. The molecule has 2 rings (SSSR count). The lowest BCUT2D eigenvalue weighted by atomic mass is 9.97. The van der Waals surface area contributed by atoms with Crippen LogP contribution in [0.4, 0.5) is 11.8 Å². The topological polar surface area (TPSA) is 118 Å². The van der Waals surface area contributed by atoms with Gasteiger partial charge in [-0.3, -0.25) is 10.3 Å². The molecule has 1 aliphatic carbocycles. The van der Waals surface area contributed by atoms with E-state index in [1.165, 1.54) is 32.1 Å². The third-order valence-electron chi connectivity index (χ3n) is 3.73. The second kappa shape index (κ2) is 7.10. The zero-order valence-electron chi connectivity index (χ0n) is 12.7. The van der Waals surface area contributed by atoms with Crippen LogP contribution in [0, 0.1) is 6.92 Å². The van der Waals surface area contributed by atoms with Crippen molar-refractivity contribution >= 4 is 22.2 Å². The predicted molar refractivity (Wildman–Crippen MR) is 81.4 cm³/mol. The van der Waals surface area contributed by atoms with E-state index in [1.807, 2.05) is 0 Å². The molecule has 0 radical (unpaired) electrons. The van der Waals surface area contributed by atoms with Crippen LogP contribution < -0.4 is 20.1 Å². The van der Waals surface area contributed by atoms with Crippen molar-refractivity contribution in [3.8, 4) is 0 Å². The molecular formula is C13H23N4O4S+. The first-order valence-corrected chi connectivity index (χ1v) is 8.85. The predicted octanol–water partition coefficient (Wildman–Crippen LogP) is 1.02. The minimum atomic E-state index is -4.65. The maximum Gasteiger partial charge on any atom is 0.476 e. The summed E-state index contributed by atoms with van der Waals surface area (Å²) in [5.41, 5.74) is 6.12. The van der Waals surface area contributed by atoms with Crippen molar-refractivity contribution in [2.75, 3.05) is 11.1 Å². The molecule has 8 nitrogen and oxygen atoms in total. The van der Waals surface area contributed by atoms with Crippen LogP contribution in [0.2, 0.25) is 0 Å². The number of aryl methyl sites for hydroxylation is 1. The number of nitrogen functional groups attached to an aromatic ring is 1. The Labute approximate surface area is 130 Å². The molecule has 0 aromatic carbocycles. The third kappa shape index (κ3) is 4.99. The minimum Gasteiger partial charge on any atom is -0.354 e. The average Bonchev–Trinajstić information content (AvgIpc) is 2.36. The molecule has 1 heterocycles. The average molecular weight is 331 g/mol. The van der Waals surface area contributed by atoms with E-state index in [0.717, 1.165) is 17.6 Å². The summed E-state index contributed by atoms with van der Waals surface area (Å²) in [5, 5.41) is 3.35. The molecular weight excluding hydrogens is 308 g/mol. The first kappa shape index (κ1) is 16.8. The molecule has 0 atom stereocenters. The normalized spacial score (nSPS) is 17.5. The summed E-state index contributed by atoms with van der Waals surface area (Å²) < 4.78 is 35.5. The van der Waals surface area contributed by atoms with E-state index in [1.54, 1.807) is 13.0 Å². The summed E-state index contributed by atoms with van der Waals surface area (Å²) >= 11 is 0. The van der Waals surface area contributed by atoms with Crippen LogP contribution in [0.5, 0.6) is 0 Å². The van der Waals surface area contributed by atoms with Gasteiger partial charge in [0.25, 0.3) is 0 Å². The van der Waals surface area contributed by atoms with Gasteiger partial charge in [0.15, 0.2) is 0 Å². The van der Waals surface area contributed by atoms with E-state index in [9.17, 15) is 8.42 Å². The number of nitrogens with zero attached hydrogens (tertiary/aromatic N) is 2. The van der Waals surface area contributed by atoms with Crippen molar-refractivity contribution in [2.45, 2.75) is 57.9 Å². The molecule has 1 aliphatic rings. The Morgan fingerprint density at radius 3 is 2.45 bits per heavy atom. The molecule has 124 valence electrons. The van der Waals surface area contributed by atoms with Gasteiger partial charge in [-0.2, -0.15) is 8.42 Å². The lowest BCUT2D eigenvalue weighted by Gasteiger charge is -2.20. The van der Waals surface area contributed by atoms with Gasteiger partial charge in [-0.15, -0.1) is 0 Å². The Balaban J connectivity index is 2.12. The molecule has 1 aromatic rings. The molecule has 9 heteroatoms. The lowest BCUT2D eigenvalue weighted by Crippen LogP contribution is -2.50. The van der Waals surface area contributed by atoms with E-state index in [-0.39, 0.29) is 5.95 Å². The van der Waals surface area contributed by atoms with Gasteiger partial charge in [0.05, 0.1) is 0 Å². The van der Waals surface area contributed by atoms with Crippen molar-refractivity contribution in [2.24, 2.45) is 0 Å². The maximum atomic E-state index is 10.8. The molecule has 4 N–H and O–H groups in total. The highest BCUT2D eigenvalue weighted by Gasteiger charge is 2.21. The van der Waals surface area contributed by atoms with Gasteiger partial charge in [0.1, 0.15) is 5.69 Å². The summed E-state index contributed by atoms with van der Waals surface area (Å²) in [4.78, 5) is 4.10. The third-order valence-corrected chi connectivity index (χ3v) is 4.07. The fourth-order valence-electron chi connectivity index (χ4n) is 2.71. The van der Waals surface area contributed by atoms with Crippen LogP contribution >= 0.6 is 0 Å². The van der Waals surface area contributed by atoms with E-state index >= 15 is 0 Å². The van der Waals surface area contributed by atoms with Crippen molar-refractivity contribution in [3.63, 3.8) is 0 Å². The highest BCUT2D eigenvalue weighted by Crippen LogP contribution is 2.20. The molecule has 0 bridgehead atoms. The number of aromatic nitrogens is 2. The molecule has 0 saturated heterocycles. The second-order valence-corrected chi connectivity index (χ2v) is 6.63. The Kier molecular flexibility index (Phi) is 5.41. The molecule has 0 unspecified atom stereocenters. The zero-order chi connectivity index (χ0) is 16.2. The van der Waals surface area contributed by atoms with Crippen molar-refractivity contribution < 1.29 is 22.0 Å². The molecule has 22 heavy (non-hydrogen) atoms. The Morgan fingerprint density at radius 1 is 1.32 bits per heavy atom. The van der Waals surface area contributed by atoms with E-state index in [4.69, 9.17) is 10.3 Å². The van der Waals surface area contributed by atoms with Gasteiger partial charge in [-0.1, -0.05) is 37.1 Å². The summed E-state index contributed by atoms with van der Waals surface area (Å²) in [6.45, 7) is 1.62. The summed E-state index contributed by atoms with van der Waals surface area (Å²) in [6.07, 6.45) is 8.34. The zero-order valence-corrected chi connectivity index (χ0v) is 13.5. The van der Waals surface area contributed by atoms with E-state index in [0.29, 0.717) is 17.6 Å². The van der Waals surface area contributed by atoms with Gasteiger partial charge >= 0.3 is 16.3 Å². The molecule has 0 spiro atoms. The monoisotopic (exact) mass is 331 g/mol. The number of rotatable bonds is 4. The lowest BCUT2D eigenvalue weighted by molar-refractivity contribution is -0.851. The van der Waals surface area contributed by atoms with Gasteiger partial charge in [0.2, 0.25) is 5.82 Å². The number of nitrogens with two attached hydrogens (primary N) is 1. The minimum absolute atomic E-state index is 0.147. The van der Waals surface area contributed by atoms with Crippen molar-refractivity contribution in [1.82, 2.24) is 4.98 Å². The highest BCUT2D eigenvalue weighted by atomic mass is 32.3. The maximum absolute atomic E-state index is 10.8. The molecule has 0 amide bonds. The van der Waals surface area contributed by atoms with Crippen LogP contribution in [0.15, 0.2) is 6.07 Å². The second-order valence-electron chi connectivity index (χ2n) is 5.62. The van der Waals surface area contributed by atoms with Gasteiger partial charge in [-0.05, 0) is 24.5 Å². The fourth-order valence-corrected chi connectivity index (χ4v) is 3.10. The largest absolute Gasteiger partial charge is 0.476 e. The van der Waals surface area contributed by atoms with Gasteiger partial charge in [0, 0.05) is 12.1 Å². The Hall–Kier alpha value is -1.61. The number of nitrogens with one attached hydrogen (secondary N) is 1. The summed E-state index contributed by atoms with van der Waals surface area (Å²) in [7, 11) is -4.65. The van der Waals surface area contributed by atoms with E-state index < -0.39 is 10.4 Å². The smallest absolute Gasteiger partial charge is 0.354 e. The van der Waals surface area contributed by atoms with E-state index in [2.05, 4.69) is 14.6 Å². The molecule has 0 aliphatic heterocycles. The number of anilines is 2. The van der Waals surface area contributed by atoms with Gasteiger partial charge in [-0.25, -0.2) is 4.28 Å². The fraction of sp³-hybridized carbons (Fsp3) is 0.692. The van der Waals surface area contributed by atoms with Crippen molar-refractivity contribution in [3.05, 3.63) is 11.8 Å². The summed E-state index contributed by atoms with van der Waals surface area (Å²) in [5.74, 6) is 0.432. The first-order valence-electron chi connectivity index (χ1n) is 7.48. The Morgan fingerprint density at radius 2 is 1.91 bits per heavy atom. The van der Waals surface area contributed by atoms with Crippen LogP contribution in [0.25, 0.3) is 0 Å². The van der Waals surface area contributed by atoms with Crippen LogP contribution in [-0.4, -0.2) is 24.0 Å². The molecule has 1 saturated carbocycles.